The van der Waals surface area contributed by atoms with E-state index in [0.29, 0.717) is 11.5 Å². The van der Waals surface area contributed by atoms with Gasteiger partial charge >= 0.3 is 0 Å². The van der Waals surface area contributed by atoms with E-state index in [1.165, 1.54) is 31.2 Å². The van der Waals surface area contributed by atoms with E-state index in [1.54, 1.807) is 36.4 Å². The molecule has 0 saturated carbocycles. The Morgan fingerprint density at radius 1 is 0.900 bits per heavy atom. The lowest BCUT2D eigenvalue weighted by molar-refractivity contribution is 0.0175. The first-order valence-corrected chi connectivity index (χ1v) is 10.6. The number of hydrogen-bond acceptors (Lipinski definition) is 6. The van der Waals surface area contributed by atoms with Crippen LogP contribution in [-0.2, 0) is 14.3 Å². The van der Waals surface area contributed by atoms with E-state index in [2.05, 4.69) is 0 Å². The molecular weight excluding hydrogens is 404 g/mol. The van der Waals surface area contributed by atoms with Crippen molar-refractivity contribution in [2.75, 3.05) is 6.61 Å². The summed E-state index contributed by atoms with van der Waals surface area (Å²) in [7, 11) is -4.10. The lowest BCUT2D eigenvalue weighted by Gasteiger charge is -2.21. The molecule has 0 bridgehead atoms. The fraction of sp³-hybridized carbons (Fsp3) is 0.174. The smallest absolute Gasteiger partial charge is 0.297 e. The van der Waals surface area contributed by atoms with Gasteiger partial charge in [-0.1, -0.05) is 35.9 Å². The van der Waals surface area contributed by atoms with Gasteiger partial charge in [-0.25, -0.2) is 0 Å². The third-order valence-corrected chi connectivity index (χ3v) is 5.67. The number of aryl methyl sites for hydroxylation is 1. The highest BCUT2D eigenvalue weighted by molar-refractivity contribution is 7.86. The molecule has 3 rings (SSSR count). The van der Waals surface area contributed by atoms with Crippen LogP contribution in [0, 0.1) is 6.92 Å². The second-order valence-electron chi connectivity index (χ2n) is 7.07. The summed E-state index contributed by atoms with van der Waals surface area (Å²) < 4.78 is 35.2. The summed E-state index contributed by atoms with van der Waals surface area (Å²) in [6, 6.07) is 21.5. The summed E-state index contributed by atoms with van der Waals surface area (Å²) >= 11 is 0. The zero-order chi connectivity index (χ0) is 21.8. The van der Waals surface area contributed by atoms with Crippen LogP contribution in [0.3, 0.4) is 0 Å². The van der Waals surface area contributed by atoms with E-state index in [9.17, 15) is 18.3 Å². The largest absolute Gasteiger partial charge is 0.457 e. The van der Waals surface area contributed by atoms with Gasteiger partial charge in [0.05, 0.1) is 4.90 Å². The number of Topliss-reactive ketones (excluding diaryl/α,β-unsaturated/α-hetero) is 1. The van der Waals surface area contributed by atoms with Crippen molar-refractivity contribution < 1.29 is 27.2 Å². The summed E-state index contributed by atoms with van der Waals surface area (Å²) in [5, 5.41) is 10.5. The minimum absolute atomic E-state index is 0.0428. The normalized spacial score (nSPS) is 13.4. The average molecular weight is 426 g/mol. The van der Waals surface area contributed by atoms with Crippen LogP contribution in [0.2, 0.25) is 0 Å². The van der Waals surface area contributed by atoms with Crippen LogP contribution < -0.4 is 4.74 Å². The molecule has 0 aliphatic carbocycles. The number of hydrogen-bond donors (Lipinski definition) is 1. The summed E-state index contributed by atoms with van der Waals surface area (Å²) in [6.45, 7) is 2.34. The van der Waals surface area contributed by atoms with Crippen molar-refractivity contribution in [1.29, 1.82) is 0 Å². The van der Waals surface area contributed by atoms with Crippen molar-refractivity contribution in [3.05, 3.63) is 90.0 Å². The van der Waals surface area contributed by atoms with Gasteiger partial charge in [0.25, 0.3) is 10.1 Å². The topological polar surface area (TPSA) is 89.9 Å². The van der Waals surface area contributed by atoms with Gasteiger partial charge in [0.15, 0.2) is 5.78 Å². The first-order chi connectivity index (χ1) is 14.2. The molecule has 0 fully saturated rings. The third-order valence-electron chi connectivity index (χ3n) is 4.39. The van der Waals surface area contributed by atoms with Crippen molar-refractivity contribution in [2.24, 2.45) is 0 Å². The maximum Gasteiger partial charge on any atom is 0.297 e. The molecule has 0 heterocycles. The number of ketones is 1. The number of carbonyl (C=O) groups excluding carboxylic acids is 1. The Balaban J connectivity index is 1.66. The Kier molecular flexibility index (Phi) is 6.36. The monoisotopic (exact) mass is 426 g/mol. The zero-order valence-electron chi connectivity index (χ0n) is 16.6. The van der Waals surface area contributed by atoms with Crippen molar-refractivity contribution >= 4 is 15.9 Å². The van der Waals surface area contributed by atoms with Crippen molar-refractivity contribution in [1.82, 2.24) is 0 Å². The quantitative estimate of drug-likeness (QED) is 0.430. The number of ether oxygens (including phenoxy) is 1. The van der Waals surface area contributed by atoms with E-state index in [0.717, 1.165) is 5.56 Å². The number of para-hydroxylation sites is 1. The maximum atomic E-state index is 12.7. The Labute approximate surface area is 175 Å². The molecule has 0 radical (unpaired) electrons. The van der Waals surface area contributed by atoms with Crippen LogP contribution in [0.1, 0.15) is 22.8 Å². The second kappa shape index (κ2) is 8.79. The molecule has 0 aliphatic rings. The number of benzene rings is 3. The van der Waals surface area contributed by atoms with Crippen molar-refractivity contribution in [2.45, 2.75) is 24.3 Å². The molecule has 7 heteroatoms. The van der Waals surface area contributed by atoms with E-state index in [-0.39, 0.29) is 10.5 Å². The van der Waals surface area contributed by atoms with Crippen molar-refractivity contribution in [3.63, 3.8) is 0 Å². The number of aliphatic hydroxyl groups is 1. The first kappa shape index (κ1) is 21.7. The summed E-state index contributed by atoms with van der Waals surface area (Å²) in [6.07, 6.45) is 0. The molecule has 3 aromatic carbocycles. The van der Waals surface area contributed by atoms with E-state index < -0.39 is 28.1 Å². The van der Waals surface area contributed by atoms with Crippen LogP contribution in [0.4, 0.5) is 0 Å². The molecule has 0 spiro atoms. The highest BCUT2D eigenvalue weighted by Crippen LogP contribution is 2.23. The fourth-order valence-electron chi connectivity index (χ4n) is 2.64. The molecule has 1 atom stereocenters. The molecule has 6 nitrogen and oxygen atoms in total. The molecule has 3 aromatic rings. The second-order valence-corrected chi connectivity index (χ2v) is 8.69. The maximum absolute atomic E-state index is 12.7. The number of carbonyl (C=O) groups is 1. The Bertz CT molecular complexity index is 1100. The molecule has 1 unspecified atom stereocenters. The van der Waals surface area contributed by atoms with Crippen LogP contribution in [-0.4, -0.2) is 31.5 Å². The molecule has 1 N–H and O–H groups in total. The molecule has 30 heavy (non-hydrogen) atoms. The van der Waals surface area contributed by atoms with E-state index in [4.69, 9.17) is 8.92 Å². The van der Waals surface area contributed by atoms with Gasteiger partial charge in [-0.15, -0.1) is 0 Å². The minimum atomic E-state index is -4.10. The standard InChI is InChI=1S/C23H22O6S/c1-17-8-14-21(15-9-17)30(26,27)28-16-23(2,25)22(24)18-10-12-20(13-11-18)29-19-6-4-3-5-7-19/h3-15,25H,16H2,1-2H3. The van der Waals surface area contributed by atoms with Gasteiger partial charge in [0.2, 0.25) is 0 Å². The lowest BCUT2D eigenvalue weighted by Crippen LogP contribution is -2.40. The predicted molar refractivity (Wildman–Crippen MR) is 112 cm³/mol. The highest BCUT2D eigenvalue weighted by Gasteiger charge is 2.34. The highest BCUT2D eigenvalue weighted by atomic mass is 32.2. The van der Waals surface area contributed by atoms with Gasteiger partial charge in [-0.2, -0.15) is 8.42 Å². The molecule has 0 saturated heterocycles. The number of rotatable bonds is 8. The van der Waals surface area contributed by atoms with Crippen LogP contribution in [0.5, 0.6) is 11.5 Å². The summed E-state index contributed by atoms with van der Waals surface area (Å²) in [5.74, 6) is 0.516. The Morgan fingerprint density at radius 3 is 2.07 bits per heavy atom. The minimum Gasteiger partial charge on any atom is -0.457 e. The summed E-state index contributed by atoms with van der Waals surface area (Å²) in [4.78, 5) is 12.6. The Morgan fingerprint density at radius 2 is 1.47 bits per heavy atom. The Hall–Kier alpha value is -3.00. The SMILES string of the molecule is Cc1ccc(S(=O)(=O)OCC(C)(O)C(=O)c2ccc(Oc3ccccc3)cc2)cc1. The van der Waals surface area contributed by atoms with E-state index in [1.807, 2.05) is 25.1 Å². The molecule has 0 amide bonds. The summed E-state index contributed by atoms with van der Waals surface area (Å²) in [5.41, 5.74) is -0.924. The average Bonchev–Trinajstić information content (AvgIpc) is 2.74. The van der Waals surface area contributed by atoms with Gasteiger partial charge in [0, 0.05) is 5.56 Å². The molecular formula is C23H22O6S. The lowest BCUT2D eigenvalue weighted by atomic mass is 9.96. The van der Waals surface area contributed by atoms with E-state index >= 15 is 0 Å². The van der Waals surface area contributed by atoms with Gasteiger partial charge in [0.1, 0.15) is 23.7 Å². The predicted octanol–water partition coefficient (Wildman–Crippen LogP) is 4.13. The fourth-order valence-corrected chi connectivity index (χ4v) is 3.63. The van der Waals surface area contributed by atoms with Gasteiger partial charge in [-0.05, 0) is 62.4 Å². The third kappa shape index (κ3) is 5.33. The molecule has 0 aliphatic heterocycles. The first-order valence-electron chi connectivity index (χ1n) is 9.24. The van der Waals surface area contributed by atoms with Gasteiger partial charge < -0.3 is 9.84 Å². The van der Waals surface area contributed by atoms with Gasteiger partial charge in [-0.3, -0.25) is 8.98 Å². The molecule has 0 aromatic heterocycles. The molecule has 156 valence electrons. The van der Waals surface area contributed by atoms with Crippen LogP contribution >= 0.6 is 0 Å². The van der Waals surface area contributed by atoms with Crippen molar-refractivity contribution in [3.8, 4) is 11.5 Å². The van der Waals surface area contributed by atoms with Crippen LogP contribution in [0.25, 0.3) is 0 Å². The van der Waals surface area contributed by atoms with Crippen LogP contribution in [0.15, 0.2) is 83.8 Å². The zero-order valence-corrected chi connectivity index (χ0v) is 17.4.